The summed E-state index contributed by atoms with van der Waals surface area (Å²) in [5, 5.41) is 0. The summed E-state index contributed by atoms with van der Waals surface area (Å²) in [6, 6.07) is 0. The highest BCUT2D eigenvalue weighted by Gasteiger charge is 2.27. The number of rotatable bonds is 1. The molecule has 11 heavy (non-hydrogen) atoms. The molecule has 1 atom stereocenters. The van der Waals surface area contributed by atoms with E-state index in [-0.39, 0.29) is 11.5 Å². The third-order valence-electron chi connectivity index (χ3n) is 1.22. The fourth-order valence-corrected chi connectivity index (χ4v) is 0.753. The van der Waals surface area contributed by atoms with Gasteiger partial charge >= 0.3 is 6.16 Å². The molecule has 4 nitrogen and oxygen atoms in total. The van der Waals surface area contributed by atoms with Crippen molar-refractivity contribution in [2.24, 2.45) is 0 Å². The van der Waals surface area contributed by atoms with E-state index >= 15 is 0 Å². The van der Waals surface area contributed by atoms with Crippen molar-refractivity contribution in [2.45, 2.75) is 20.0 Å². The van der Waals surface area contributed by atoms with Crippen molar-refractivity contribution in [3.63, 3.8) is 0 Å². The lowest BCUT2D eigenvalue weighted by molar-refractivity contribution is -0.112. The van der Waals surface area contributed by atoms with Gasteiger partial charge in [0.25, 0.3) is 0 Å². The molecule has 0 aromatic heterocycles. The molecule has 1 heterocycles. The summed E-state index contributed by atoms with van der Waals surface area (Å²) < 4.78 is 9.16. The third-order valence-corrected chi connectivity index (χ3v) is 1.22. The lowest BCUT2D eigenvalue weighted by Crippen LogP contribution is -2.02. The molecule has 1 rings (SSSR count). The van der Waals surface area contributed by atoms with Gasteiger partial charge in [-0.15, -0.1) is 0 Å². The van der Waals surface area contributed by atoms with Crippen molar-refractivity contribution in [2.75, 3.05) is 0 Å². The van der Waals surface area contributed by atoms with Crippen molar-refractivity contribution in [3.05, 3.63) is 11.8 Å². The molecule has 1 aliphatic heterocycles. The van der Waals surface area contributed by atoms with Crippen LogP contribution < -0.4 is 0 Å². The molecule has 0 N–H and O–H groups in total. The first kappa shape index (κ1) is 7.78. The van der Waals surface area contributed by atoms with E-state index in [0.29, 0.717) is 0 Å². The minimum absolute atomic E-state index is 0.162. The molecule has 0 bridgehead atoms. The Morgan fingerprint density at radius 3 is 2.64 bits per heavy atom. The van der Waals surface area contributed by atoms with Crippen LogP contribution in [-0.2, 0) is 14.3 Å². The van der Waals surface area contributed by atoms with Crippen LogP contribution >= 0.6 is 0 Å². The van der Waals surface area contributed by atoms with Crippen LogP contribution in [0.1, 0.15) is 13.8 Å². The van der Waals surface area contributed by atoms with Crippen LogP contribution in [0.2, 0.25) is 0 Å². The van der Waals surface area contributed by atoms with Crippen LogP contribution in [0.3, 0.4) is 0 Å². The van der Waals surface area contributed by atoms with E-state index in [1.54, 1.807) is 6.92 Å². The van der Waals surface area contributed by atoms with Gasteiger partial charge in [-0.25, -0.2) is 4.79 Å². The van der Waals surface area contributed by atoms with Crippen LogP contribution in [0.5, 0.6) is 0 Å². The van der Waals surface area contributed by atoms with Gasteiger partial charge in [-0.05, 0) is 13.8 Å². The van der Waals surface area contributed by atoms with Gasteiger partial charge in [0.2, 0.25) is 0 Å². The first-order valence-electron chi connectivity index (χ1n) is 3.20. The molecule has 0 radical (unpaired) electrons. The molecule has 4 heteroatoms. The second kappa shape index (κ2) is 2.74. The van der Waals surface area contributed by atoms with E-state index in [2.05, 4.69) is 9.47 Å². The van der Waals surface area contributed by atoms with Gasteiger partial charge in [0, 0.05) is 6.08 Å². The summed E-state index contributed by atoms with van der Waals surface area (Å²) >= 11 is 0. The van der Waals surface area contributed by atoms with E-state index in [1.165, 1.54) is 13.0 Å². The van der Waals surface area contributed by atoms with Crippen molar-refractivity contribution in [3.8, 4) is 0 Å². The van der Waals surface area contributed by atoms with Gasteiger partial charge in [0.1, 0.15) is 0 Å². The second-order valence-electron chi connectivity index (χ2n) is 2.27. The highest BCUT2D eigenvalue weighted by atomic mass is 16.8. The summed E-state index contributed by atoms with van der Waals surface area (Å²) in [6.07, 6.45) is 0.0617. The molecule has 0 spiro atoms. The molecule has 0 aromatic rings. The van der Waals surface area contributed by atoms with Gasteiger partial charge in [-0.1, -0.05) is 0 Å². The first-order valence-corrected chi connectivity index (χ1v) is 3.20. The molecule has 1 saturated heterocycles. The number of hydrogen-bond acceptors (Lipinski definition) is 4. The van der Waals surface area contributed by atoms with Crippen molar-refractivity contribution < 1.29 is 19.1 Å². The molecule has 0 aliphatic carbocycles. The molecule has 60 valence electrons. The fraction of sp³-hybridized carbons (Fsp3) is 0.429. The molecule has 0 saturated carbocycles. The van der Waals surface area contributed by atoms with E-state index < -0.39 is 12.3 Å². The Bertz CT molecular complexity index is 229. The van der Waals surface area contributed by atoms with E-state index in [9.17, 15) is 9.59 Å². The van der Waals surface area contributed by atoms with E-state index in [0.717, 1.165) is 0 Å². The second-order valence-corrected chi connectivity index (χ2v) is 2.27. The quantitative estimate of drug-likeness (QED) is 0.420. The van der Waals surface area contributed by atoms with Crippen LogP contribution in [0, 0.1) is 0 Å². The van der Waals surface area contributed by atoms with Crippen molar-refractivity contribution in [1.29, 1.82) is 0 Å². The topological polar surface area (TPSA) is 52.6 Å². The minimum atomic E-state index is -0.745. The third kappa shape index (κ3) is 1.80. The highest BCUT2D eigenvalue weighted by molar-refractivity contribution is 5.88. The summed E-state index contributed by atoms with van der Waals surface area (Å²) in [7, 11) is 0. The zero-order chi connectivity index (χ0) is 8.43. The maximum absolute atomic E-state index is 10.5. The van der Waals surface area contributed by atoms with Crippen LogP contribution in [0.25, 0.3) is 0 Å². The molecule has 0 amide bonds. The zero-order valence-corrected chi connectivity index (χ0v) is 6.29. The van der Waals surface area contributed by atoms with Gasteiger partial charge in [0.15, 0.2) is 17.6 Å². The van der Waals surface area contributed by atoms with Crippen LogP contribution in [-0.4, -0.2) is 18.0 Å². The monoisotopic (exact) mass is 156 g/mol. The number of carbonyl (C=O) groups excluding carboxylic acids is 2. The Kier molecular flexibility index (Phi) is 1.94. The van der Waals surface area contributed by atoms with Crippen molar-refractivity contribution >= 4 is 11.9 Å². The summed E-state index contributed by atoms with van der Waals surface area (Å²) in [4.78, 5) is 21.0. The molecular weight excluding hydrogens is 148 g/mol. The summed E-state index contributed by atoms with van der Waals surface area (Å²) in [6.45, 7) is 3.02. The van der Waals surface area contributed by atoms with Crippen molar-refractivity contribution in [1.82, 2.24) is 0 Å². The number of cyclic esters (lactones) is 2. The molecule has 1 aliphatic rings. The van der Waals surface area contributed by atoms with Gasteiger partial charge in [0.05, 0.1) is 0 Å². The number of ketones is 1. The predicted molar refractivity (Wildman–Crippen MR) is 35.8 cm³/mol. The molecular formula is C7H8O4. The lowest BCUT2D eigenvalue weighted by atomic mass is 10.3. The largest absolute Gasteiger partial charge is 0.514 e. The Morgan fingerprint density at radius 1 is 1.64 bits per heavy atom. The Morgan fingerprint density at radius 2 is 2.27 bits per heavy atom. The molecule has 0 aromatic carbocycles. The molecule has 1 fully saturated rings. The van der Waals surface area contributed by atoms with E-state index in [1.807, 2.05) is 0 Å². The number of carbonyl (C=O) groups is 2. The summed E-state index contributed by atoms with van der Waals surface area (Å²) in [5.74, 6) is 0.118. The summed E-state index contributed by atoms with van der Waals surface area (Å²) in [5.41, 5.74) is 0. The standard InChI is InChI=1S/C7H8O4/c1-4(8)3-6-5(2)10-7(9)11-6/h3,5H,1-2H3/b6-3+. The normalized spacial score (nSPS) is 26.5. The average molecular weight is 156 g/mol. The Balaban J connectivity index is 2.74. The number of allylic oxidation sites excluding steroid dienone is 1. The highest BCUT2D eigenvalue weighted by Crippen LogP contribution is 2.17. The van der Waals surface area contributed by atoms with Gasteiger partial charge < -0.3 is 9.47 Å². The Labute approximate surface area is 63.8 Å². The maximum atomic E-state index is 10.5. The predicted octanol–water partition coefficient (Wildman–Crippen LogP) is 1.01. The lowest BCUT2D eigenvalue weighted by Gasteiger charge is -1.96. The fourth-order valence-electron chi connectivity index (χ4n) is 0.753. The smallest absolute Gasteiger partial charge is 0.423 e. The average Bonchev–Trinajstić information content (AvgIpc) is 2.09. The first-order chi connectivity index (χ1) is 5.09. The van der Waals surface area contributed by atoms with E-state index in [4.69, 9.17) is 0 Å². The van der Waals surface area contributed by atoms with Gasteiger partial charge in [-0.3, -0.25) is 4.79 Å². The maximum Gasteiger partial charge on any atom is 0.514 e. The number of hydrogen-bond donors (Lipinski definition) is 0. The zero-order valence-electron chi connectivity index (χ0n) is 6.29. The van der Waals surface area contributed by atoms with Gasteiger partial charge in [-0.2, -0.15) is 0 Å². The Hall–Kier alpha value is -1.32. The molecule has 1 unspecified atom stereocenters. The van der Waals surface area contributed by atoms with Crippen LogP contribution in [0.15, 0.2) is 11.8 Å². The SMILES string of the molecule is CC(=O)/C=C1/OC(=O)OC1C. The van der Waals surface area contributed by atoms with Crippen LogP contribution in [0.4, 0.5) is 4.79 Å². The number of ether oxygens (including phenoxy) is 2. The minimum Gasteiger partial charge on any atom is -0.423 e.